The van der Waals surface area contributed by atoms with Crippen LogP contribution >= 0.6 is 0 Å². The summed E-state index contributed by atoms with van der Waals surface area (Å²) in [6, 6.07) is 9.57. The minimum atomic E-state index is -0.0621. The van der Waals surface area contributed by atoms with Gasteiger partial charge in [0.25, 0.3) is 5.89 Å². The number of nitrogens with zero attached hydrogens (tertiary/aromatic N) is 2. The number of benzene rings is 1. The van der Waals surface area contributed by atoms with Crippen LogP contribution in [0.25, 0.3) is 0 Å². The topological polar surface area (TPSA) is 57.4 Å². The quantitative estimate of drug-likeness (QED) is 0.846. The molecule has 2 aromatic rings. The maximum absolute atomic E-state index is 5.69. The van der Waals surface area contributed by atoms with Gasteiger partial charge in [-0.2, -0.15) is 4.98 Å². The predicted octanol–water partition coefficient (Wildman–Crippen LogP) is 2.89. The molecule has 3 rings (SSSR count). The van der Waals surface area contributed by atoms with Crippen molar-refractivity contribution in [3.05, 3.63) is 42.0 Å². The SMILES string of the molecule is C[C@H]1CC[C@H](c2nc(COc3ccccc3)no2)O1. The van der Waals surface area contributed by atoms with Gasteiger partial charge < -0.3 is 14.0 Å². The van der Waals surface area contributed by atoms with Crippen LogP contribution < -0.4 is 4.74 Å². The van der Waals surface area contributed by atoms with Crippen LogP contribution in [0.3, 0.4) is 0 Å². The maximum atomic E-state index is 5.69. The fourth-order valence-corrected chi connectivity index (χ4v) is 2.11. The molecule has 1 aromatic carbocycles. The molecule has 0 radical (unpaired) electrons. The average molecular weight is 260 g/mol. The molecule has 1 fully saturated rings. The van der Waals surface area contributed by atoms with Crippen LogP contribution in [0.1, 0.15) is 37.6 Å². The van der Waals surface area contributed by atoms with E-state index in [1.165, 1.54) is 0 Å². The van der Waals surface area contributed by atoms with Crippen LogP contribution in [-0.2, 0) is 11.3 Å². The molecule has 0 spiro atoms. The van der Waals surface area contributed by atoms with Crippen LogP contribution in [0.2, 0.25) is 0 Å². The molecule has 1 aromatic heterocycles. The lowest BCUT2D eigenvalue weighted by Gasteiger charge is -2.04. The Hall–Kier alpha value is -1.88. The Labute approximate surface area is 111 Å². The van der Waals surface area contributed by atoms with E-state index in [0.29, 0.717) is 18.3 Å². The molecule has 0 unspecified atom stereocenters. The first-order valence-corrected chi connectivity index (χ1v) is 6.47. The highest BCUT2D eigenvalue weighted by molar-refractivity contribution is 5.20. The zero-order chi connectivity index (χ0) is 13.1. The monoisotopic (exact) mass is 260 g/mol. The standard InChI is InChI=1S/C14H16N2O3/c1-10-7-8-12(18-10)14-15-13(16-19-14)9-17-11-5-3-2-4-6-11/h2-6,10,12H,7-9H2,1H3/t10-,12+/m0/s1. The van der Waals surface area contributed by atoms with Crippen molar-refractivity contribution in [3.63, 3.8) is 0 Å². The third kappa shape index (κ3) is 2.93. The smallest absolute Gasteiger partial charge is 0.255 e. The van der Waals surface area contributed by atoms with Gasteiger partial charge in [0.2, 0.25) is 5.82 Å². The molecule has 0 aliphatic carbocycles. The van der Waals surface area contributed by atoms with E-state index in [4.69, 9.17) is 14.0 Å². The summed E-state index contributed by atoms with van der Waals surface area (Å²) in [7, 11) is 0. The average Bonchev–Trinajstić information content (AvgIpc) is 3.06. The van der Waals surface area contributed by atoms with E-state index in [1.807, 2.05) is 30.3 Å². The molecule has 100 valence electrons. The molecule has 5 nitrogen and oxygen atoms in total. The van der Waals surface area contributed by atoms with E-state index in [2.05, 4.69) is 17.1 Å². The Morgan fingerprint density at radius 3 is 2.84 bits per heavy atom. The van der Waals surface area contributed by atoms with E-state index in [1.54, 1.807) is 0 Å². The minimum Gasteiger partial charge on any atom is -0.485 e. The summed E-state index contributed by atoms with van der Waals surface area (Å²) < 4.78 is 16.5. The molecule has 2 heterocycles. The van der Waals surface area contributed by atoms with Crippen molar-refractivity contribution in [1.29, 1.82) is 0 Å². The van der Waals surface area contributed by atoms with Crippen molar-refractivity contribution in [2.24, 2.45) is 0 Å². The number of aromatic nitrogens is 2. The number of para-hydroxylation sites is 1. The van der Waals surface area contributed by atoms with E-state index in [-0.39, 0.29) is 12.2 Å². The number of hydrogen-bond acceptors (Lipinski definition) is 5. The molecule has 0 amide bonds. The Kier molecular flexibility index (Phi) is 3.46. The van der Waals surface area contributed by atoms with Crippen molar-refractivity contribution in [2.75, 3.05) is 0 Å². The zero-order valence-corrected chi connectivity index (χ0v) is 10.8. The first kappa shape index (κ1) is 12.2. The summed E-state index contributed by atoms with van der Waals surface area (Å²) in [6.07, 6.45) is 2.17. The van der Waals surface area contributed by atoms with Crippen molar-refractivity contribution >= 4 is 0 Å². The molecule has 0 saturated carbocycles. The van der Waals surface area contributed by atoms with Gasteiger partial charge in [-0.3, -0.25) is 0 Å². The Morgan fingerprint density at radius 1 is 1.26 bits per heavy atom. The van der Waals surface area contributed by atoms with Crippen LogP contribution in [0, 0.1) is 0 Å². The van der Waals surface area contributed by atoms with Crippen molar-refractivity contribution < 1.29 is 14.0 Å². The predicted molar refractivity (Wildman–Crippen MR) is 67.6 cm³/mol. The highest BCUT2D eigenvalue weighted by Crippen LogP contribution is 2.31. The van der Waals surface area contributed by atoms with E-state index >= 15 is 0 Å². The Bertz CT molecular complexity index is 526. The number of hydrogen-bond donors (Lipinski definition) is 0. The van der Waals surface area contributed by atoms with Gasteiger partial charge in [0.15, 0.2) is 6.61 Å². The summed E-state index contributed by atoms with van der Waals surface area (Å²) in [5.41, 5.74) is 0. The van der Waals surface area contributed by atoms with Gasteiger partial charge >= 0.3 is 0 Å². The molecular weight excluding hydrogens is 244 g/mol. The Balaban J connectivity index is 1.59. The van der Waals surface area contributed by atoms with Crippen LogP contribution in [0.4, 0.5) is 0 Å². The fraction of sp³-hybridized carbons (Fsp3) is 0.429. The lowest BCUT2D eigenvalue weighted by molar-refractivity contribution is 0.0355. The van der Waals surface area contributed by atoms with Gasteiger partial charge in [0, 0.05) is 0 Å². The van der Waals surface area contributed by atoms with Gasteiger partial charge in [-0.15, -0.1) is 0 Å². The van der Waals surface area contributed by atoms with Crippen LogP contribution in [0.5, 0.6) is 5.75 Å². The van der Waals surface area contributed by atoms with Gasteiger partial charge in [0.05, 0.1) is 6.10 Å². The second-order valence-electron chi connectivity index (χ2n) is 4.66. The van der Waals surface area contributed by atoms with E-state index in [9.17, 15) is 0 Å². The highest BCUT2D eigenvalue weighted by Gasteiger charge is 2.28. The van der Waals surface area contributed by atoms with Gasteiger partial charge in [0.1, 0.15) is 11.9 Å². The van der Waals surface area contributed by atoms with Crippen molar-refractivity contribution in [1.82, 2.24) is 10.1 Å². The summed E-state index contributed by atoms with van der Waals surface area (Å²) in [5.74, 6) is 1.89. The fourth-order valence-electron chi connectivity index (χ4n) is 2.11. The highest BCUT2D eigenvalue weighted by atomic mass is 16.5. The third-order valence-corrected chi connectivity index (χ3v) is 3.10. The first-order valence-electron chi connectivity index (χ1n) is 6.47. The lowest BCUT2D eigenvalue weighted by atomic mass is 10.2. The molecule has 2 atom stereocenters. The molecule has 0 bridgehead atoms. The molecule has 5 heteroatoms. The Morgan fingerprint density at radius 2 is 2.11 bits per heavy atom. The first-order chi connectivity index (χ1) is 9.31. The second-order valence-corrected chi connectivity index (χ2v) is 4.66. The molecular formula is C14H16N2O3. The maximum Gasteiger partial charge on any atom is 0.255 e. The number of ether oxygens (including phenoxy) is 2. The summed E-state index contributed by atoms with van der Waals surface area (Å²) in [5, 5.41) is 3.91. The van der Waals surface area contributed by atoms with Gasteiger partial charge in [-0.05, 0) is 31.9 Å². The lowest BCUT2D eigenvalue weighted by Crippen LogP contribution is -2.02. The molecule has 19 heavy (non-hydrogen) atoms. The van der Waals surface area contributed by atoms with E-state index < -0.39 is 0 Å². The summed E-state index contributed by atoms with van der Waals surface area (Å²) >= 11 is 0. The van der Waals surface area contributed by atoms with Crippen molar-refractivity contribution in [2.45, 2.75) is 38.6 Å². The normalized spacial score (nSPS) is 22.6. The van der Waals surface area contributed by atoms with Crippen LogP contribution in [-0.4, -0.2) is 16.2 Å². The number of rotatable bonds is 4. The molecule has 1 aliphatic heterocycles. The van der Waals surface area contributed by atoms with Gasteiger partial charge in [-0.25, -0.2) is 0 Å². The second kappa shape index (κ2) is 5.40. The summed E-state index contributed by atoms with van der Waals surface area (Å²) in [4.78, 5) is 4.31. The third-order valence-electron chi connectivity index (χ3n) is 3.10. The molecule has 0 N–H and O–H groups in total. The van der Waals surface area contributed by atoms with Gasteiger partial charge in [-0.1, -0.05) is 23.4 Å². The molecule has 1 saturated heterocycles. The van der Waals surface area contributed by atoms with Crippen LogP contribution in [0.15, 0.2) is 34.9 Å². The molecule has 1 aliphatic rings. The van der Waals surface area contributed by atoms with E-state index in [0.717, 1.165) is 18.6 Å². The largest absolute Gasteiger partial charge is 0.485 e. The van der Waals surface area contributed by atoms with Crippen molar-refractivity contribution in [3.8, 4) is 5.75 Å². The zero-order valence-electron chi connectivity index (χ0n) is 10.8. The minimum absolute atomic E-state index is 0.0621. The summed E-state index contributed by atoms with van der Waals surface area (Å²) in [6.45, 7) is 2.35.